The third-order valence-electron chi connectivity index (χ3n) is 5.14. The first kappa shape index (κ1) is 21.4. The van der Waals surface area contributed by atoms with Gasteiger partial charge in [-0.05, 0) is 18.2 Å². The van der Waals surface area contributed by atoms with Gasteiger partial charge in [0.15, 0.2) is 17.5 Å². The molecule has 7 nitrogen and oxygen atoms in total. The fraction of sp³-hybridized carbons (Fsp3) is 0.227. The first-order valence-corrected chi connectivity index (χ1v) is 9.98. The molecule has 1 amide bonds. The monoisotopic (exact) mass is 443 g/mol. The highest BCUT2D eigenvalue weighted by Crippen LogP contribution is 2.19. The first-order valence-electron chi connectivity index (χ1n) is 9.98. The van der Waals surface area contributed by atoms with E-state index in [9.17, 15) is 22.8 Å². The van der Waals surface area contributed by atoms with E-state index in [1.54, 1.807) is 6.07 Å². The SMILES string of the molecule is O=C(Cn1nc(N2CCN(c3ccccc3)CC2)ccc1=O)Nc1cc(F)c(F)c(F)c1. The van der Waals surface area contributed by atoms with Crippen molar-refractivity contribution in [3.05, 3.63) is 82.4 Å². The van der Waals surface area contributed by atoms with Gasteiger partial charge in [-0.3, -0.25) is 9.59 Å². The van der Waals surface area contributed by atoms with Crippen LogP contribution in [0.2, 0.25) is 0 Å². The molecule has 32 heavy (non-hydrogen) atoms. The number of amides is 1. The Morgan fingerprint density at radius 3 is 2.19 bits per heavy atom. The summed E-state index contributed by atoms with van der Waals surface area (Å²) in [7, 11) is 0. The molecule has 1 N–H and O–H groups in total. The molecule has 166 valence electrons. The van der Waals surface area contributed by atoms with Gasteiger partial charge in [0.05, 0.1) is 0 Å². The number of nitrogens with zero attached hydrogens (tertiary/aromatic N) is 4. The van der Waals surface area contributed by atoms with Gasteiger partial charge in [-0.25, -0.2) is 17.9 Å². The topological polar surface area (TPSA) is 70.5 Å². The molecule has 0 unspecified atom stereocenters. The van der Waals surface area contributed by atoms with Crippen LogP contribution in [0.5, 0.6) is 0 Å². The fourth-order valence-corrected chi connectivity index (χ4v) is 3.52. The van der Waals surface area contributed by atoms with Gasteiger partial charge < -0.3 is 15.1 Å². The molecule has 2 aromatic carbocycles. The van der Waals surface area contributed by atoms with Gasteiger partial charge >= 0.3 is 0 Å². The highest BCUT2D eigenvalue weighted by Gasteiger charge is 2.19. The van der Waals surface area contributed by atoms with Crippen LogP contribution in [0.4, 0.5) is 30.4 Å². The number of aromatic nitrogens is 2. The second kappa shape index (κ2) is 9.13. The lowest BCUT2D eigenvalue weighted by Crippen LogP contribution is -2.47. The molecule has 2 heterocycles. The maximum Gasteiger partial charge on any atom is 0.267 e. The average Bonchev–Trinajstić information content (AvgIpc) is 2.79. The number of rotatable bonds is 5. The van der Waals surface area contributed by atoms with Crippen LogP contribution in [0.15, 0.2) is 59.4 Å². The molecular formula is C22H20F3N5O2. The standard InChI is InChI=1S/C22H20F3N5O2/c23-17-12-15(13-18(24)22(17)25)26-20(31)14-30-21(32)7-6-19(27-30)29-10-8-28(9-11-29)16-4-2-1-3-5-16/h1-7,12-13H,8-11,14H2,(H,26,31). The maximum atomic E-state index is 13.3. The number of benzene rings is 2. The summed E-state index contributed by atoms with van der Waals surface area (Å²) in [5.74, 6) is -4.65. The summed E-state index contributed by atoms with van der Waals surface area (Å²) in [5, 5.41) is 6.51. The number of piperazine rings is 1. The molecule has 0 aliphatic carbocycles. The lowest BCUT2D eigenvalue weighted by Gasteiger charge is -2.36. The summed E-state index contributed by atoms with van der Waals surface area (Å²) >= 11 is 0. The molecule has 1 aliphatic heterocycles. The molecule has 0 saturated carbocycles. The Bertz CT molecular complexity index is 1150. The summed E-state index contributed by atoms with van der Waals surface area (Å²) < 4.78 is 40.7. The molecule has 1 aromatic heterocycles. The van der Waals surface area contributed by atoms with Crippen LogP contribution in [-0.4, -0.2) is 41.9 Å². The van der Waals surface area contributed by atoms with Crippen molar-refractivity contribution >= 4 is 23.1 Å². The Labute approximate surface area is 181 Å². The van der Waals surface area contributed by atoms with E-state index in [-0.39, 0.29) is 5.69 Å². The summed E-state index contributed by atoms with van der Waals surface area (Å²) in [6.45, 7) is 2.44. The van der Waals surface area contributed by atoms with E-state index in [0.717, 1.165) is 23.5 Å². The minimum absolute atomic E-state index is 0.257. The predicted molar refractivity (Wildman–Crippen MR) is 114 cm³/mol. The molecule has 3 aromatic rings. The third kappa shape index (κ3) is 4.74. The zero-order valence-electron chi connectivity index (χ0n) is 17.0. The van der Waals surface area contributed by atoms with E-state index in [1.165, 1.54) is 6.07 Å². The lowest BCUT2D eigenvalue weighted by molar-refractivity contribution is -0.117. The molecule has 4 rings (SSSR count). The highest BCUT2D eigenvalue weighted by molar-refractivity contribution is 5.90. The Morgan fingerprint density at radius 1 is 0.906 bits per heavy atom. The number of carbonyl (C=O) groups is 1. The summed E-state index contributed by atoms with van der Waals surface area (Å²) in [5.41, 5.74) is 0.381. The highest BCUT2D eigenvalue weighted by atomic mass is 19.2. The van der Waals surface area contributed by atoms with Gasteiger partial charge in [0.25, 0.3) is 5.56 Å². The van der Waals surface area contributed by atoms with Gasteiger partial charge in [-0.15, -0.1) is 0 Å². The van der Waals surface area contributed by atoms with Crippen molar-refractivity contribution in [3.8, 4) is 0 Å². The smallest absolute Gasteiger partial charge is 0.267 e. The number of para-hydroxylation sites is 1. The minimum Gasteiger partial charge on any atom is -0.368 e. The summed E-state index contributed by atoms with van der Waals surface area (Å²) in [6, 6.07) is 14.3. The molecule has 1 aliphatic rings. The van der Waals surface area contributed by atoms with E-state index >= 15 is 0 Å². The number of hydrogen-bond donors (Lipinski definition) is 1. The molecule has 10 heteroatoms. The van der Waals surface area contributed by atoms with Crippen molar-refractivity contribution in [2.45, 2.75) is 6.54 Å². The van der Waals surface area contributed by atoms with E-state index < -0.39 is 35.5 Å². The summed E-state index contributed by atoms with van der Waals surface area (Å²) in [6.07, 6.45) is 0. The third-order valence-corrected chi connectivity index (χ3v) is 5.14. The zero-order chi connectivity index (χ0) is 22.7. The number of carbonyl (C=O) groups excluding carboxylic acids is 1. The van der Waals surface area contributed by atoms with Crippen LogP contribution in [0, 0.1) is 17.5 Å². The number of halogens is 3. The Hall–Kier alpha value is -3.82. The van der Waals surface area contributed by atoms with Crippen molar-refractivity contribution in [1.29, 1.82) is 0 Å². The number of hydrogen-bond acceptors (Lipinski definition) is 5. The largest absolute Gasteiger partial charge is 0.368 e. The molecule has 0 atom stereocenters. The molecule has 0 bridgehead atoms. The van der Waals surface area contributed by atoms with Gasteiger partial charge in [0.2, 0.25) is 5.91 Å². The molecule has 1 fully saturated rings. The number of nitrogens with one attached hydrogen (secondary N) is 1. The molecular weight excluding hydrogens is 423 g/mol. The zero-order valence-corrected chi connectivity index (χ0v) is 17.0. The van der Waals surface area contributed by atoms with Crippen molar-refractivity contribution in [2.24, 2.45) is 0 Å². The van der Waals surface area contributed by atoms with Gasteiger partial charge in [-0.1, -0.05) is 18.2 Å². The van der Waals surface area contributed by atoms with Crippen LogP contribution < -0.4 is 20.7 Å². The van der Waals surface area contributed by atoms with Crippen molar-refractivity contribution < 1.29 is 18.0 Å². The summed E-state index contributed by atoms with van der Waals surface area (Å²) in [4.78, 5) is 28.7. The predicted octanol–water partition coefficient (Wildman–Crippen LogP) is 2.63. The van der Waals surface area contributed by atoms with E-state index in [2.05, 4.69) is 15.3 Å². The van der Waals surface area contributed by atoms with E-state index in [1.807, 2.05) is 35.2 Å². The van der Waals surface area contributed by atoms with Crippen LogP contribution >= 0.6 is 0 Å². The average molecular weight is 443 g/mol. The van der Waals surface area contributed by atoms with Gasteiger partial charge in [0, 0.05) is 55.8 Å². The Morgan fingerprint density at radius 2 is 1.53 bits per heavy atom. The van der Waals surface area contributed by atoms with Crippen LogP contribution in [0.3, 0.4) is 0 Å². The molecule has 0 radical (unpaired) electrons. The quantitative estimate of drug-likeness (QED) is 0.614. The Kier molecular flexibility index (Phi) is 6.11. The van der Waals surface area contributed by atoms with Crippen molar-refractivity contribution in [2.75, 3.05) is 41.3 Å². The Balaban J connectivity index is 1.42. The van der Waals surface area contributed by atoms with Crippen molar-refractivity contribution in [1.82, 2.24) is 9.78 Å². The minimum atomic E-state index is -1.62. The fourth-order valence-electron chi connectivity index (χ4n) is 3.52. The first-order chi connectivity index (χ1) is 15.4. The normalized spacial score (nSPS) is 13.8. The van der Waals surface area contributed by atoms with Crippen LogP contribution in [0.1, 0.15) is 0 Å². The molecule has 0 spiro atoms. The maximum absolute atomic E-state index is 13.3. The second-order valence-corrected chi connectivity index (χ2v) is 7.30. The van der Waals surface area contributed by atoms with E-state index in [0.29, 0.717) is 31.0 Å². The van der Waals surface area contributed by atoms with Crippen LogP contribution in [0.25, 0.3) is 0 Å². The van der Waals surface area contributed by atoms with Gasteiger partial charge in [0.1, 0.15) is 12.4 Å². The second-order valence-electron chi connectivity index (χ2n) is 7.30. The van der Waals surface area contributed by atoms with Crippen LogP contribution in [-0.2, 0) is 11.3 Å². The molecule has 1 saturated heterocycles. The number of anilines is 3. The lowest BCUT2D eigenvalue weighted by atomic mass is 10.2. The van der Waals surface area contributed by atoms with Crippen molar-refractivity contribution in [3.63, 3.8) is 0 Å². The van der Waals surface area contributed by atoms with Gasteiger partial charge in [-0.2, -0.15) is 5.10 Å². The van der Waals surface area contributed by atoms with E-state index in [4.69, 9.17) is 0 Å².